The number of aliphatic carboxylic acids is 1. The molecule has 0 aliphatic heterocycles. The monoisotopic (exact) mass is 295 g/mol. The van der Waals surface area contributed by atoms with Crippen molar-refractivity contribution < 1.29 is 23.1 Å². The quantitative estimate of drug-likeness (QED) is 0.476. The summed E-state index contributed by atoms with van der Waals surface area (Å²) in [6.45, 7) is 3.33. The number of carbonyl (C=O) groups is 2. The molecular formula is C10H21N3O5S. The Morgan fingerprint density at radius 2 is 1.74 bits per heavy atom. The van der Waals surface area contributed by atoms with Crippen LogP contribution in [-0.2, 0) is 14.8 Å². The molecule has 0 aliphatic carbocycles. The third-order valence-electron chi connectivity index (χ3n) is 3.07. The van der Waals surface area contributed by atoms with E-state index in [1.807, 2.05) is 0 Å². The molecule has 0 radical (unpaired) electrons. The SMILES string of the molecule is CCC(CC)(CNC(=O)NCCS(N)(=O)=O)C(=O)O. The summed E-state index contributed by atoms with van der Waals surface area (Å²) in [6.07, 6.45) is 0.770. The van der Waals surface area contributed by atoms with Gasteiger partial charge in [0.15, 0.2) is 0 Å². The van der Waals surface area contributed by atoms with Crippen LogP contribution in [0.25, 0.3) is 0 Å². The molecule has 112 valence electrons. The highest BCUT2D eigenvalue weighted by Gasteiger charge is 2.35. The Bertz CT molecular complexity index is 417. The molecule has 0 aromatic carbocycles. The van der Waals surface area contributed by atoms with Crippen LogP contribution in [0.15, 0.2) is 0 Å². The van der Waals surface area contributed by atoms with Crippen molar-refractivity contribution in [3.8, 4) is 0 Å². The number of rotatable bonds is 8. The molecule has 0 fully saturated rings. The van der Waals surface area contributed by atoms with Crippen LogP contribution in [0.3, 0.4) is 0 Å². The Hall–Kier alpha value is -1.35. The summed E-state index contributed by atoms with van der Waals surface area (Å²) in [5.41, 5.74) is -1.00. The van der Waals surface area contributed by atoms with E-state index in [0.717, 1.165) is 0 Å². The van der Waals surface area contributed by atoms with Gasteiger partial charge in [-0.1, -0.05) is 13.8 Å². The molecule has 5 N–H and O–H groups in total. The van der Waals surface area contributed by atoms with Crippen molar-refractivity contribution in [3.05, 3.63) is 0 Å². The van der Waals surface area contributed by atoms with Gasteiger partial charge in [0.25, 0.3) is 0 Å². The van der Waals surface area contributed by atoms with Crippen LogP contribution in [0, 0.1) is 5.41 Å². The Morgan fingerprint density at radius 3 is 2.11 bits per heavy atom. The summed E-state index contributed by atoms with van der Waals surface area (Å²) in [5.74, 6) is -1.34. The van der Waals surface area contributed by atoms with E-state index in [9.17, 15) is 18.0 Å². The fraction of sp³-hybridized carbons (Fsp3) is 0.800. The average Bonchev–Trinajstić information content (AvgIpc) is 2.29. The van der Waals surface area contributed by atoms with Crippen LogP contribution in [0.4, 0.5) is 4.79 Å². The topological polar surface area (TPSA) is 139 Å². The van der Waals surface area contributed by atoms with E-state index < -0.39 is 27.4 Å². The zero-order valence-corrected chi connectivity index (χ0v) is 11.9. The molecule has 0 saturated carbocycles. The van der Waals surface area contributed by atoms with E-state index >= 15 is 0 Å². The van der Waals surface area contributed by atoms with Gasteiger partial charge in [-0.25, -0.2) is 18.4 Å². The number of sulfonamides is 1. The number of urea groups is 1. The highest BCUT2D eigenvalue weighted by Crippen LogP contribution is 2.25. The van der Waals surface area contributed by atoms with Crippen molar-refractivity contribution in [1.29, 1.82) is 0 Å². The first kappa shape index (κ1) is 17.6. The molecule has 19 heavy (non-hydrogen) atoms. The van der Waals surface area contributed by atoms with Gasteiger partial charge in [-0.3, -0.25) is 4.79 Å². The molecule has 0 spiro atoms. The fourth-order valence-corrected chi connectivity index (χ4v) is 1.88. The van der Waals surface area contributed by atoms with Gasteiger partial charge < -0.3 is 15.7 Å². The molecule has 0 rings (SSSR count). The van der Waals surface area contributed by atoms with Crippen molar-refractivity contribution in [3.63, 3.8) is 0 Å². The van der Waals surface area contributed by atoms with Gasteiger partial charge >= 0.3 is 12.0 Å². The Labute approximate surface area is 112 Å². The summed E-state index contributed by atoms with van der Waals surface area (Å²) < 4.78 is 21.3. The smallest absolute Gasteiger partial charge is 0.314 e. The molecule has 0 aromatic heterocycles. The van der Waals surface area contributed by atoms with Crippen molar-refractivity contribution >= 4 is 22.0 Å². The number of hydrogen-bond acceptors (Lipinski definition) is 4. The van der Waals surface area contributed by atoms with Crippen LogP contribution in [0.5, 0.6) is 0 Å². The Balaban J connectivity index is 4.24. The standard InChI is InChI=1S/C10H21N3O5S/c1-3-10(4-2,8(14)15)7-13-9(16)12-5-6-19(11,17)18/h3-7H2,1-2H3,(H,14,15)(H2,11,17,18)(H2,12,13,16). The van der Waals surface area contributed by atoms with Crippen molar-refractivity contribution in [2.75, 3.05) is 18.8 Å². The number of nitrogens with two attached hydrogens (primary N) is 1. The van der Waals surface area contributed by atoms with E-state index in [-0.39, 0.29) is 18.8 Å². The maximum Gasteiger partial charge on any atom is 0.314 e. The third kappa shape index (κ3) is 6.39. The summed E-state index contributed by atoms with van der Waals surface area (Å²) >= 11 is 0. The Morgan fingerprint density at radius 1 is 1.21 bits per heavy atom. The van der Waals surface area contributed by atoms with Crippen LogP contribution in [0.2, 0.25) is 0 Å². The maximum atomic E-state index is 11.4. The molecule has 9 heteroatoms. The summed E-state index contributed by atoms with van der Waals surface area (Å²) in [7, 11) is -3.62. The number of carbonyl (C=O) groups excluding carboxylic acids is 1. The summed E-state index contributed by atoms with van der Waals surface area (Å²) in [6, 6.07) is -0.615. The van der Waals surface area contributed by atoms with Crippen LogP contribution in [0.1, 0.15) is 26.7 Å². The predicted octanol–water partition coefficient (Wildman–Crippen LogP) is -0.535. The number of amides is 2. The largest absolute Gasteiger partial charge is 0.481 e. The van der Waals surface area contributed by atoms with Crippen LogP contribution in [-0.4, -0.2) is 44.4 Å². The maximum absolute atomic E-state index is 11.4. The zero-order chi connectivity index (χ0) is 15.1. The second kappa shape index (κ2) is 7.29. The first-order valence-electron chi connectivity index (χ1n) is 5.92. The first-order chi connectivity index (χ1) is 8.67. The van der Waals surface area contributed by atoms with E-state index in [4.69, 9.17) is 10.2 Å². The van der Waals surface area contributed by atoms with Gasteiger partial charge in [-0.15, -0.1) is 0 Å². The molecule has 0 bridgehead atoms. The zero-order valence-electron chi connectivity index (χ0n) is 11.1. The van der Waals surface area contributed by atoms with Crippen LogP contribution >= 0.6 is 0 Å². The summed E-state index contributed by atoms with van der Waals surface area (Å²) in [5, 5.41) is 18.6. The van der Waals surface area contributed by atoms with Crippen LogP contribution < -0.4 is 15.8 Å². The first-order valence-corrected chi connectivity index (χ1v) is 7.64. The lowest BCUT2D eigenvalue weighted by atomic mass is 9.82. The second-order valence-electron chi connectivity index (χ2n) is 4.27. The van der Waals surface area contributed by atoms with E-state index in [2.05, 4.69) is 10.6 Å². The van der Waals surface area contributed by atoms with Crippen molar-refractivity contribution in [2.45, 2.75) is 26.7 Å². The van der Waals surface area contributed by atoms with Crippen molar-refractivity contribution in [2.24, 2.45) is 10.6 Å². The highest BCUT2D eigenvalue weighted by molar-refractivity contribution is 7.89. The molecule has 0 atom stereocenters. The van der Waals surface area contributed by atoms with E-state index in [1.54, 1.807) is 13.8 Å². The van der Waals surface area contributed by atoms with E-state index in [0.29, 0.717) is 12.8 Å². The number of carboxylic acid groups (broad SMARTS) is 1. The lowest BCUT2D eigenvalue weighted by Gasteiger charge is -2.26. The number of carboxylic acids is 1. The van der Waals surface area contributed by atoms with Crippen molar-refractivity contribution in [1.82, 2.24) is 10.6 Å². The molecule has 2 amide bonds. The molecule has 0 heterocycles. The fourth-order valence-electron chi connectivity index (χ4n) is 1.50. The molecule has 0 unspecified atom stereocenters. The van der Waals surface area contributed by atoms with Gasteiger partial charge in [-0.2, -0.15) is 0 Å². The number of hydrogen-bond donors (Lipinski definition) is 4. The van der Waals surface area contributed by atoms with Gasteiger partial charge in [0.1, 0.15) is 0 Å². The molecule has 0 aliphatic rings. The third-order valence-corrected chi connectivity index (χ3v) is 3.84. The normalized spacial score (nSPS) is 11.9. The Kier molecular flexibility index (Phi) is 6.77. The molecular weight excluding hydrogens is 274 g/mol. The molecule has 8 nitrogen and oxygen atoms in total. The predicted molar refractivity (Wildman–Crippen MR) is 70.0 cm³/mol. The second-order valence-corrected chi connectivity index (χ2v) is 6.00. The van der Waals surface area contributed by atoms with Gasteiger partial charge in [0, 0.05) is 13.1 Å². The molecule has 0 aromatic rings. The van der Waals surface area contributed by atoms with Gasteiger partial charge in [0.05, 0.1) is 11.2 Å². The highest BCUT2D eigenvalue weighted by atomic mass is 32.2. The lowest BCUT2D eigenvalue weighted by molar-refractivity contribution is -0.149. The number of nitrogens with one attached hydrogen (secondary N) is 2. The van der Waals surface area contributed by atoms with Gasteiger partial charge in [0.2, 0.25) is 10.0 Å². The lowest BCUT2D eigenvalue weighted by Crippen LogP contribution is -2.46. The number of primary sulfonamides is 1. The minimum Gasteiger partial charge on any atom is -0.481 e. The molecule has 0 saturated heterocycles. The summed E-state index contributed by atoms with van der Waals surface area (Å²) in [4.78, 5) is 22.6. The minimum absolute atomic E-state index is 0.0173. The van der Waals surface area contributed by atoms with Gasteiger partial charge in [-0.05, 0) is 12.8 Å². The minimum atomic E-state index is -3.62. The average molecular weight is 295 g/mol. The van der Waals surface area contributed by atoms with E-state index in [1.165, 1.54) is 0 Å².